The van der Waals surface area contributed by atoms with E-state index < -0.39 is 11.2 Å². The third kappa shape index (κ3) is 3.00. The Morgan fingerprint density at radius 2 is 1.72 bits per heavy atom. The number of ether oxygens (including phenoxy) is 2. The zero-order chi connectivity index (χ0) is 18.1. The van der Waals surface area contributed by atoms with E-state index in [2.05, 4.69) is 4.98 Å². The second-order valence-electron chi connectivity index (χ2n) is 5.43. The minimum Gasteiger partial charge on any atom is -0.497 e. The summed E-state index contributed by atoms with van der Waals surface area (Å²) < 4.78 is 14.6. The Hall–Kier alpha value is -2.74. The molecule has 0 saturated heterocycles. The molecule has 0 atom stereocenters. The summed E-state index contributed by atoms with van der Waals surface area (Å²) in [5.41, 5.74) is -0.370. The molecule has 0 unspecified atom stereocenters. The van der Waals surface area contributed by atoms with Crippen molar-refractivity contribution in [3.8, 4) is 11.5 Å². The normalized spacial score (nSPS) is 11.0. The maximum absolute atomic E-state index is 12.4. The fraction of sp³-hybridized carbons (Fsp3) is 0.312. The average molecular weight is 365 g/mol. The molecule has 1 aromatic carbocycles. The number of imidazole rings is 1. The predicted molar refractivity (Wildman–Crippen MR) is 93.7 cm³/mol. The van der Waals surface area contributed by atoms with E-state index in [1.165, 1.54) is 11.6 Å². The third-order valence-corrected chi connectivity index (χ3v) is 4.23. The van der Waals surface area contributed by atoms with Gasteiger partial charge in [-0.2, -0.15) is 4.98 Å². The van der Waals surface area contributed by atoms with Gasteiger partial charge >= 0.3 is 5.69 Å². The van der Waals surface area contributed by atoms with Gasteiger partial charge in [-0.05, 0) is 35.9 Å². The molecule has 0 radical (unpaired) electrons. The van der Waals surface area contributed by atoms with Crippen LogP contribution in [0.25, 0.3) is 11.2 Å². The molecule has 0 bridgehead atoms. The number of hydrogen-bond donors (Lipinski definition) is 0. The minimum absolute atomic E-state index is 0.131. The molecule has 3 aromatic rings. The molecule has 0 aliphatic heterocycles. The Kier molecular flexibility index (Phi) is 4.54. The number of benzene rings is 1. The highest BCUT2D eigenvalue weighted by atomic mass is 35.5. The van der Waals surface area contributed by atoms with E-state index >= 15 is 0 Å². The van der Waals surface area contributed by atoms with E-state index in [0.717, 1.165) is 10.3 Å². The second-order valence-corrected chi connectivity index (χ2v) is 5.77. The van der Waals surface area contributed by atoms with Gasteiger partial charge in [0.2, 0.25) is 5.28 Å². The molecule has 0 fully saturated rings. The van der Waals surface area contributed by atoms with Crippen molar-refractivity contribution in [3.63, 3.8) is 0 Å². The predicted octanol–water partition coefficient (Wildman–Crippen LogP) is 1.17. The number of rotatable bonds is 5. The molecule has 0 aliphatic carbocycles. The quantitative estimate of drug-likeness (QED) is 0.635. The number of aryl methyl sites for hydroxylation is 1. The van der Waals surface area contributed by atoms with Crippen LogP contribution in [0.5, 0.6) is 11.5 Å². The first kappa shape index (κ1) is 17.1. The molecule has 0 spiro atoms. The van der Waals surface area contributed by atoms with Crippen LogP contribution in [0.1, 0.15) is 0 Å². The number of fused-ring (bicyclic) bond motifs is 1. The Morgan fingerprint density at radius 3 is 2.36 bits per heavy atom. The van der Waals surface area contributed by atoms with Crippen molar-refractivity contribution in [1.29, 1.82) is 0 Å². The zero-order valence-corrected chi connectivity index (χ0v) is 14.8. The van der Waals surface area contributed by atoms with Crippen LogP contribution >= 0.6 is 11.6 Å². The summed E-state index contributed by atoms with van der Waals surface area (Å²) in [5, 5.41) is 0.131. The molecule has 132 valence electrons. The summed E-state index contributed by atoms with van der Waals surface area (Å²) in [4.78, 5) is 28.5. The van der Waals surface area contributed by atoms with Gasteiger partial charge in [0.1, 0.15) is 18.1 Å². The molecule has 0 amide bonds. The van der Waals surface area contributed by atoms with Crippen LogP contribution in [-0.4, -0.2) is 32.4 Å². The van der Waals surface area contributed by atoms with Crippen molar-refractivity contribution in [1.82, 2.24) is 18.7 Å². The van der Waals surface area contributed by atoms with Gasteiger partial charge in [-0.1, -0.05) is 0 Å². The first-order valence-electron chi connectivity index (χ1n) is 7.52. The molecule has 2 aromatic heterocycles. The minimum atomic E-state index is -0.451. The summed E-state index contributed by atoms with van der Waals surface area (Å²) in [6, 6.07) is 7.16. The maximum Gasteiger partial charge on any atom is 0.332 e. The lowest BCUT2D eigenvalue weighted by Gasteiger charge is -2.09. The standard InChI is InChI=1S/C16H17ClN4O4/c1-19-13-12(14(22)20(2)16(19)23)21(15(17)18-13)8-9-25-11-6-4-10(24-3)5-7-11/h4-7H,8-9H2,1-3H3. The molecule has 0 saturated carbocycles. The molecular weight excluding hydrogens is 348 g/mol. The van der Waals surface area contributed by atoms with E-state index in [0.29, 0.717) is 12.3 Å². The highest BCUT2D eigenvalue weighted by Gasteiger charge is 2.17. The van der Waals surface area contributed by atoms with Crippen LogP contribution in [0.2, 0.25) is 5.28 Å². The summed E-state index contributed by atoms with van der Waals surface area (Å²) in [5.74, 6) is 1.40. The lowest BCUT2D eigenvalue weighted by atomic mass is 10.3. The Balaban J connectivity index is 1.87. The lowest BCUT2D eigenvalue weighted by Crippen LogP contribution is -2.37. The summed E-state index contributed by atoms with van der Waals surface area (Å²) in [6.07, 6.45) is 0. The monoisotopic (exact) mass is 364 g/mol. The summed E-state index contributed by atoms with van der Waals surface area (Å²) in [7, 11) is 4.56. The smallest absolute Gasteiger partial charge is 0.332 e. The topological polar surface area (TPSA) is 80.3 Å². The number of nitrogens with zero attached hydrogens (tertiary/aromatic N) is 4. The fourth-order valence-corrected chi connectivity index (χ4v) is 2.80. The van der Waals surface area contributed by atoms with E-state index in [4.69, 9.17) is 21.1 Å². The van der Waals surface area contributed by atoms with Gasteiger partial charge in [-0.3, -0.25) is 13.9 Å². The van der Waals surface area contributed by atoms with E-state index in [9.17, 15) is 9.59 Å². The molecule has 0 N–H and O–H groups in total. The first-order chi connectivity index (χ1) is 11.9. The van der Waals surface area contributed by atoms with Gasteiger partial charge in [0.05, 0.1) is 13.7 Å². The number of methoxy groups -OCH3 is 1. The van der Waals surface area contributed by atoms with Crippen molar-refractivity contribution >= 4 is 22.8 Å². The SMILES string of the molecule is COc1ccc(OCCn2c(Cl)nc3c2c(=O)n(C)c(=O)n3C)cc1. The molecule has 8 nitrogen and oxygen atoms in total. The van der Waals surface area contributed by atoms with Crippen LogP contribution in [0, 0.1) is 0 Å². The number of hydrogen-bond acceptors (Lipinski definition) is 5. The summed E-state index contributed by atoms with van der Waals surface area (Å²) >= 11 is 6.15. The molecule has 25 heavy (non-hydrogen) atoms. The van der Waals surface area contributed by atoms with Crippen molar-refractivity contribution < 1.29 is 9.47 Å². The fourth-order valence-electron chi connectivity index (χ4n) is 2.55. The average Bonchev–Trinajstić information content (AvgIpc) is 2.95. The number of halogens is 1. The van der Waals surface area contributed by atoms with E-state index in [-0.39, 0.29) is 23.1 Å². The Labute approximate surface area is 147 Å². The Bertz CT molecular complexity index is 1030. The first-order valence-corrected chi connectivity index (χ1v) is 7.90. The lowest BCUT2D eigenvalue weighted by molar-refractivity contribution is 0.299. The van der Waals surface area contributed by atoms with Gasteiger partial charge in [0.15, 0.2) is 11.2 Å². The van der Waals surface area contributed by atoms with Crippen LogP contribution in [0.4, 0.5) is 0 Å². The van der Waals surface area contributed by atoms with Crippen molar-refractivity contribution in [3.05, 3.63) is 50.4 Å². The largest absolute Gasteiger partial charge is 0.497 e. The highest BCUT2D eigenvalue weighted by molar-refractivity contribution is 6.29. The van der Waals surface area contributed by atoms with E-state index in [1.54, 1.807) is 43.0 Å². The Morgan fingerprint density at radius 1 is 1.08 bits per heavy atom. The van der Waals surface area contributed by atoms with Gasteiger partial charge in [0, 0.05) is 14.1 Å². The highest BCUT2D eigenvalue weighted by Crippen LogP contribution is 2.18. The van der Waals surface area contributed by atoms with Gasteiger partial charge in [-0.25, -0.2) is 4.79 Å². The molecule has 0 aliphatic rings. The van der Waals surface area contributed by atoms with Crippen LogP contribution in [0.3, 0.4) is 0 Å². The molecular formula is C16H17ClN4O4. The molecule has 9 heteroatoms. The molecule has 2 heterocycles. The van der Waals surface area contributed by atoms with Crippen molar-refractivity contribution in [2.75, 3.05) is 13.7 Å². The van der Waals surface area contributed by atoms with Gasteiger partial charge in [0.25, 0.3) is 5.56 Å². The van der Waals surface area contributed by atoms with Crippen molar-refractivity contribution in [2.24, 2.45) is 14.1 Å². The molecule has 3 rings (SSSR count). The van der Waals surface area contributed by atoms with Crippen LogP contribution in [0.15, 0.2) is 33.9 Å². The van der Waals surface area contributed by atoms with Crippen LogP contribution < -0.4 is 20.7 Å². The third-order valence-electron chi connectivity index (χ3n) is 3.94. The maximum atomic E-state index is 12.4. The van der Waals surface area contributed by atoms with Gasteiger partial charge < -0.3 is 14.0 Å². The van der Waals surface area contributed by atoms with Crippen LogP contribution in [-0.2, 0) is 20.6 Å². The second kappa shape index (κ2) is 6.64. The number of aromatic nitrogens is 4. The van der Waals surface area contributed by atoms with Gasteiger partial charge in [-0.15, -0.1) is 0 Å². The van der Waals surface area contributed by atoms with Crippen molar-refractivity contribution in [2.45, 2.75) is 6.54 Å². The van der Waals surface area contributed by atoms with E-state index in [1.807, 2.05) is 0 Å². The zero-order valence-electron chi connectivity index (χ0n) is 14.0. The summed E-state index contributed by atoms with van der Waals surface area (Å²) in [6.45, 7) is 0.596.